The van der Waals surface area contributed by atoms with E-state index in [0.29, 0.717) is 0 Å². The third-order valence-corrected chi connectivity index (χ3v) is 4.56. The summed E-state index contributed by atoms with van der Waals surface area (Å²) in [6.07, 6.45) is 1.24. The molecular weight excluding hydrogens is 212 g/mol. The maximum absolute atomic E-state index is 2.28. The van der Waals surface area contributed by atoms with E-state index < -0.39 is 0 Å². The average molecular weight is 236 g/mol. The van der Waals surface area contributed by atoms with E-state index in [4.69, 9.17) is 0 Å². The number of anilines is 2. The van der Waals surface area contributed by atoms with Crippen LogP contribution >= 0.6 is 0 Å². The molecule has 0 spiro atoms. The van der Waals surface area contributed by atoms with Crippen molar-refractivity contribution in [1.82, 2.24) is 0 Å². The number of hydrogen-bond donors (Lipinski definition) is 0. The van der Waals surface area contributed by atoms with Crippen LogP contribution in [-0.2, 0) is 0 Å². The van der Waals surface area contributed by atoms with Crippen LogP contribution in [0.4, 0.5) is 11.4 Å². The molecule has 90 valence electrons. The van der Waals surface area contributed by atoms with Gasteiger partial charge in [0.05, 0.1) is 11.4 Å². The highest BCUT2D eigenvalue weighted by Crippen LogP contribution is 2.35. The van der Waals surface area contributed by atoms with Crippen molar-refractivity contribution in [3.8, 4) is 0 Å². The van der Waals surface area contributed by atoms with Crippen LogP contribution in [0.25, 0.3) is 0 Å². The zero-order valence-electron chi connectivity index (χ0n) is 11.4. The minimum Gasteiger partial charge on any atom is -0.376 e. The van der Waals surface area contributed by atoms with Crippen molar-refractivity contribution in [2.24, 2.45) is 0 Å². The number of nitrogens with zero attached hydrogens (tertiary/aromatic N) is 2. The molecule has 0 N–H and O–H groups in total. The van der Waals surface area contributed by atoms with Crippen molar-refractivity contribution in [2.45, 2.75) is 18.9 Å². The predicted octanol–water partition coefficient (Wildman–Crippen LogP) is 1.64. The van der Waals surface area contributed by atoms with E-state index in [2.05, 4.69) is 63.1 Å². The third-order valence-electron chi connectivity index (χ3n) is 3.12. The van der Waals surface area contributed by atoms with Crippen LogP contribution < -0.4 is 9.80 Å². The summed E-state index contributed by atoms with van der Waals surface area (Å²) >= 11 is 0. The van der Waals surface area contributed by atoms with Gasteiger partial charge in [0.25, 0.3) is 0 Å². The van der Waals surface area contributed by atoms with Crippen LogP contribution in [0.3, 0.4) is 0 Å². The van der Waals surface area contributed by atoms with Gasteiger partial charge in [-0.25, -0.2) is 0 Å². The Morgan fingerprint density at radius 1 is 1.12 bits per heavy atom. The van der Waals surface area contributed by atoms with Crippen molar-refractivity contribution in [2.75, 3.05) is 38.0 Å². The van der Waals surface area contributed by atoms with Gasteiger partial charge in [-0.1, -0.05) is 25.5 Å². The van der Waals surface area contributed by atoms with E-state index in [-0.39, 0.29) is 0 Å². The van der Waals surface area contributed by atoms with Gasteiger partial charge in [-0.15, -0.1) is 0 Å². The molecule has 0 radical (unpaired) electrons. The fraction of sp³-hybridized carbons (Fsp3) is 0.538. The Morgan fingerprint density at radius 3 is 2.19 bits per heavy atom. The first-order chi connectivity index (χ1) is 7.49. The molecule has 0 aliphatic rings. The summed E-state index contributed by atoms with van der Waals surface area (Å²) in [5.74, 6) is 0. The Kier molecular flexibility index (Phi) is 4.41. The molecule has 0 aromatic heterocycles. The van der Waals surface area contributed by atoms with Gasteiger partial charge in [0, 0.05) is 38.4 Å². The molecule has 0 saturated heterocycles. The lowest BCUT2D eigenvalue weighted by molar-refractivity contribution is 0.873. The van der Waals surface area contributed by atoms with Crippen LogP contribution in [0.5, 0.6) is 0 Å². The smallest absolute Gasteiger partial charge is 0.0630 e. The SMILES string of the molecule is CCC([SiH3])c1cccc(N(C)C)c1N(C)C. The number of benzene rings is 1. The minimum absolute atomic E-state index is 0.747. The first kappa shape index (κ1) is 13.1. The normalized spacial score (nSPS) is 12.6. The van der Waals surface area contributed by atoms with Gasteiger partial charge in [0.1, 0.15) is 0 Å². The quantitative estimate of drug-likeness (QED) is 0.733. The van der Waals surface area contributed by atoms with Crippen LogP contribution in [0.2, 0.25) is 0 Å². The van der Waals surface area contributed by atoms with Crippen molar-refractivity contribution >= 4 is 21.6 Å². The highest BCUT2D eigenvalue weighted by molar-refractivity contribution is 6.13. The largest absolute Gasteiger partial charge is 0.376 e. The van der Waals surface area contributed by atoms with Crippen LogP contribution in [0, 0.1) is 0 Å². The first-order valence-corrected chi connectivity index (χ1v) is 7.12. The van der Waals surface area contributed by atoms with E-state index in [0.717, 1.165) is 5.54 Å². The maximum atomic E-state index is 2.28. The van der Waals surface area contributed by atoms with E-state index >= 15 is 0 Å². The Morgan fingerprint density at radius 2 is 1.75 bits per heavy atom. The Hall–Kier alpha value is -0.963. The second-order valence-electron chi connectivity index (χ2n) is 4.81. The lowest BCUT2D eigenvalue weighted by Crippen LogP contribution is -2.19. The summed E-state index contributed by atoms with van der Waals surface area (Å²) in [4.78, 5) is 4.44. The standard InChI is InChI=1S/C13H24N2Si/c1-6-12(16)10-8-7-9-11(14(2)3)13(10)15(4)5/h7-9,12H,6H2,1-5,16H3. The van der Waals surface area contributed by atoms with Crippen LogP contribution in [0.15, 0.2) is 18.2 Å². The van der Waals surface area contributed by atoms with Gasteiger partial charge in [-0.2, -0.15) is 0 Å². The van der Waals surface area contributed by atoms with Crippen molar-refractivity contribution in [3.05, 3.63) is 23.8 Å². The van der Waals surface area contributed by atoms with Gasteiger partial charge in [-0.05, 0) is 17.2 Å². The topological polar surface area (TPSA) is 6.48 Å². The van der Waals surface area contributed by atoms with Crippen LogP contribution in [-0.4, -0.2) is 38.4 Å². The molecule has 1 unspecified atom stereocenters. The second-order valence-corrected chi connectivity index (χ2v) is 6.21. The zero-order chi connectivity index (χ0) is 12.3. The van der Waals surface area contributed by atoms with Gasteiger partial charge < -0.3 is 9.80 Å². The van der Waals surface area contributed by atoms with E-state index in [1.54, 1.807) is 0 Å². The van der Waals surface area contributed by atoms with Crippen LogP contribution in [0.1, 0.15) is 24.4 Å². The molecule has 0 heterocycles. The zero-order valence-corrected chi connectivity index (χ0v) is 13.4. The van der Waals surface area contributed by atoms with Crippen molar-refractivity contribution in [3.63, 3.8) is 0 Å². The molecule has 1 atom stereocenters. The monoisotopic (exact) mass is 236 g/mol. The van der Waals surface area contributed by atoms with E-state index in [1.807, 2.05) is 0 Å². The van der Waals surface area contributed by atoms with Gasteiger partial charge in [-0.3, -0.25) is 0 Å². The summed E-state index contributed by atoms with van der Waals surface area (Å²) in [6, 6.07) is 6.66. The molecule has 1 rings (SSSR count). The molecule has 0 bridgehead atoms. The Labute approximate surface area is 103 Å². The summed E-state index contributed by atoms with van der Waals surface area (Å²) in [5, 5.41) is 0. The predicted molar refractivity (Wildman–Crippen MR) is 78.1 cm³/mol. The fourth-order valence-electron chi connectivity index (χ4n) is 2.01. The second kappa shape index (κ2) is 5.39. The molecule has 0 fully saturated rings. The summed E-state index contributed by atoms with van der Waals surface area (Å²) in [6.45, 7) is 2.28. The third kappa shape index (κ3) is 2.58. The summed E-state index contributed by atoms with van der Waals surface area (Å²) in [5.41, 5.74) is 4.95. The number of hydrogen-bond acceptors (Lipinski definition) is 2. The van der Waals surface area contributed by atoms with Crippen molar-refractivity contribution < 1.29 is 0 Å². The molecule has 1 aromatic rings. The molecule has 2 nitrogen and oxygen atoms in total. The summed E-state index contributed by atoms with van der Waals surface area (Å²) < 4.78 is 0. The van der Waals surface area contributed by atoms with E-state index in [1.165, 1.54) is 33.6 Å². The first-order valence-electron chi connectivity index (χ1n) is 5.96. The van der Waals surface area contributed by atoms with Gasteiger partial charge in [0.2, 0.25) is 0 Å². The molecule has 16 heavy (non-hydrogen) atoms. The van der Waals surface area contributed by atoms with Gasteiger partial charge >= 0.3 is 0 Å². The maximum Gasteiger partial charge on any atom is 0.0630 e. The molecule has 0 aliphatic heterocycles. The number of para-hydroxylation sites is 1. The molecule has 0 amide bonds. The Balaban J connectivity index is 3.32. The van der Waals surface area contributed by atoms with Gasteiger partial charge in [0.15, 0.2) is 0 Å². The number of rotatable bonds is 4. The molecule has 3 heteroatoms. The highest BCUT2D eigenvalue weighted by Gasteiger charge is 2.15. The summed E-state index contributed by atoms with van der Waals surface area (Å²) in [7, 11) is 9.71. The molecule has 0 aliphatic carbocycles. The lowest BCUT2D eigenvalue weighted by atomic mass is 10.0. The van der Waals surface area contributed by atoms with E-state index in [9.17, 15) is 0 Å². The highest BCUT2D eigenvalue weighted by atomic mass is 28.1. The molecule has 0 saturated carbocycles. The average Bonchev–Trinajstić information content (AvgIpc) is 2.26. The molecular formula is C13H24N2Si. The lowest BCUT2D eigenvalue weighted by Gasteiger charge is -2.27. The minimum atomic E-state index is 0.747. The fourth-order valence-corrected chi connectivity index (χ4v) is 2.48. The molecule has 1 aromatic carbocycles. The Bertz CT molecular complexity index is 348. The van der Waals surface area contributed by atoms with Crippen molar-refractivity contribution in [1.29, 1.82) is 0 Å².